The maximum atomic E-state index is 11.0. The van der Waals surface area contributed by atoms with E-state index in [1.807, 2.05) is 42.7 Å². The molecular weight excluding hydrogens is 320 g/mol. The standard InChI is InChI=1S/C17H18N6O2/c1-12-9-15(22(3)11-16-18-7-8-21(16)2)20-17(19-12)13-5-4-6-14(10-13)23(24)25/h4-10H,11H2,1-3H3. The Morgan fingerprint density at radius 2 is 2.08 bits per heavy atom. The fourth-order valence-electron chi connectivity index (χ4n) is 2.48. The average molecular weight is 338 g/mol. The zero-order valence-corrected chi connectivity index (χ0v) is 14.2. The molecule has 0 aliphatic carbocycles. The van der Waals surface area contributed by atoms with Gasteiger partial charge in [0.05, 0.1) is 11.5 Å². The van der Waals surface area contributed by atoms with Crippen LogP contribution in [0.5, 0.6) is 0 Å². The molecular formula is C17H18N6O2. The highest BCUT2D eigenvalue weighted by atomic mass is 16.6. The zero-order chi connectivity index (χ0) is 18.0. The summed E-state index contributed by atoms with van der Waals surface area (Å²) >= 11 is 0. The molecule has 0 aliphatic heterocycles. The van der Waals surface area contributed by atoms with Crippen LogP contribution in [0.2, 0.25) is 0 Å². The van der Waals surface area contributed by atoms with E-state index >= 15 is 0 Å². The Morgan fingerprint density at radius 3 is 2.76 bits per heavy atom. The molecule has 8 heteroatoms. The lowest BCUT2D eigenvalue weighted by Crippen LogP contribution is -2.20. The van der Waals surface area contributed by atoms with Crippen LogP contribution in [0, 0.1) is 17.0 Å². The molecule has 0 aliphatic rings. The minimum atomic E-state index is -0.423. The van der Waals surface area contributed by atoms with Crippen molar-refractivity contribution in [1.82, 2.24) is 19.5 Å². The van der Waals surface area contributed by atoms with Crippen LogP contribution in [-0.4, -0.2) is 31.5 Å². The number of rotatable bonds is 5. The fourth-order valence-corrected chi connectivity index (χ4v) is 2.48. The highest BCUT2D eigenvalue weighted by Gasteiger charge is 2.13. The Bertz CT molecular complexity index is 921. The van der Waals surface area contributed by atoms with E-state index in [1.54, 1.807) is 18.3 Å². The number of anilines is 1. The van der Waals surface area contributed by atoms with Crippen molar-refractivity contribution in [2.75, 3.05) is 11.9 Å². The highest BCUT2D eigenvalue weighted by molar-refractivity contribution is 5.61. The molecule has 2 heterocycles. The van der Waals surface area contributed by atoms with E-state index in [2.05, 4.69) is 15.0 Å². The quantitative estimate of drug-likeness (QED) is 0.525. The molecule has 0 atom stereocenters. The zero-order valence-electron chi connectivity index (χ0n) is 14.2. The second-order valence-corrected chi connectivity index (χ2v) is 5.81. The minimum absolute atomic E-state index is 0.0190. The normalized spacial score (nSPS) is 10.7. The van der Waals surface area contributed by atoms with Gasteiger partial charge in [0.25, 0.3) is 5.69 Å². The van der Waals surface area contributed by atoms with Crippen molar-refractivity contribution in [3.63, 3.8) is 0 Å². The van der Waals surface area contributed by atoms with Gasteiger partial charge in [-0.1, -0.05) is 12.1 Å². The molecule has 0 fully saturated rings. The molecule has 0 saturated heterocycles. The third kappa shape index (κ3) is 3.63. The van der Waals surface area contributed by atoms with E-state index < -0.39 is 4.92 Å². The van der Waals surface area contributed by atoms with E-state index in [0.717, 1.165) is 17.3 Å². The first-order valence-electron chi connectivity index (χ1n) is 7.72. The second kappa shape index (κ2) is 6.68. The Kier molecular flexibility index (Phi) is 4.42. The third-order valence-electron chi connectivity index (χ3n) is 3.85. The summed E-state index contributed by atoms with van der Waals surface area (Å²) in [6.07, 6.45) is 3.64. The number of imidazole rings is 1. The molecule has 0 bridgehead atoms. The van der Waals surface area contributed by atoms with E-state index in [-0.39, 0.29) is 5.69 Å². The molecule has 0 saturated carbocycles. The third-order valence-corrected chi connectivity index (χ3v) is 3.85. The van der Waals surface area contributed by atoms with Crippen molar-refractivity contribution in [3.05, 3.63) is 64.4 Å². The van der Waals surface area contributed by atoms with E-state index in [0.29, 0.717) is 17.9 Å². The number of hydrogen-bond acceptors (Lipinski definition) is 6. The van der Waals surface area contributed by atoms with Crippen molar-refractivity contribution in [2.24, 2.45) is 7.05 Å². The smallest absolute Gasteiger partial charge is 0.270 e. The topological polar surface area (TPSA) is 90.0 Å². The van der Waals surface area contributed by atoms with Gasteiger partial charge in [0, 0.05) is 55.9 Å². The average Bonchev–Trinajstić information content (AvgIpc) is 2.99. The van der Waals surface area contributed by atoms with Gasteiger partial charge in [-0.15, -0.1) is 0 Å². The summed E-state index contributed by atoms with van der Waals surface area (Å²) in [5.41, 5.74) is 1.42. The van der Waals surface area contributed by atoms with Crippen LogP contribution in [0.4, 0.5) is 11.5 Å². The lowest BCUT2D eigenvalue weighted by Gasteiger charge is -2.19. The molecule has 1 aromatic carbocycles. The maximum absolute atomic E-state index is 11.0. The first kappa shape index (κ1) is 16.6. The summed E-state index contributed by atoms with van der Waals surface area (Å²) in [7, 11) is 3.86. The van der Waals surface area contributed by atoms with Crippen molar-refractivity contribution >= 4 is 11.5 Å². The summed E-state index contributed by atoms with van der Waals surface area (Å²) < 4.78 is 1.95. The number of hydrogen-bond donors (Lipinski definition) is 0. The number of benzene rings is 1. The van der Waals surface area contributed by atoms with Crippen LogP contribution in [0.1, 0.15) is 11.5 Å². The van der Waals surface area contributed by atoms with Crippen LogP contribution in [0.15, 0.2) is 42.7 Å². The lowest BCUT2D eigenvalue weighted by atomic mass is 10.2. The molecule has 3 aromatic rings. The van der Waals surface area contributed by atoms with Crippen molar-refractivity contribution in [3.8, 4) is 11.4 Å². The van der Waals surface area contributed by atoms with E-state index in [1.165, 1.54) is 12.1 Å². The molecule has 0 spiro atoms. The van der Waals surface area contributed by atoms with Crippen LogP contribution >= 0.6 is 0 Å². The number of nitrogens with zero attached hydrogens (tertiary/aromatic N) is 6. The van der Waals surface area contributed by atoms with Gasteiger partial charge in [-0.3, -0.25) is 10.1 Å². The fraction of sp³-hybridized carbons (Fsp3) is 0.235. The first-order chi connectivity index (χ1) is 11.9. The van der Waals surface area contributed by atoms with Gasteiger partial charge >= 0.3 is 0 Å². The molecule has 8 nitrogen and oxygen atoms in total. The number of aromatic nitrogens is 4. The lowest BCUT2D eigenvalue weighted by molar-refractivity contribution is -0.384. The Hall–Kier alpha value is -3.29. The highest BCUT2D eigenvalue weighted by Crippen LogP contribution is 2.23. The van der Waals surface area contributed by atoms with Crippen molar-refractivity contribution in [2.45, 2.75) is 13.5 Å². The van der Waals surface area contributed by atoms with Gasteiger partial charge in [0.2, 0.25) is 0 Å². The molecule has 0 amide bonds. The van der Waals surface area contributed by atoms with Crippen LogP contribution < -0.4 is 4.90 Å². The Balaban J connectivity index is 1.94. The largest absolute Gasteiger partial charge is 0.352 e. The SMILES string of the molecule is Cc1cc(N(C)Cc2nccn2C)nc(-c2cccc([N+](=O)[O-])c2)n1. The number of non-ortho nitro benzene ring substituents is 1. The molecule has 0 radical (unpaired) electrons. The van der Waals surface area contributed by atoms with Gasteiger partial charge in [-0.05, 0) is 6.92 Å². The predicted octanol–water partition coefficient (Wildman–Crippen LogP) is 2.73. The summed E-state index contributed by atoms with van der Waals surface area (Å²) in [6, 6.07) is 8.22. The van der Waals surface area contributed by atoms with Gasteiger partial charge < -0.3 is 9.47 Å². The van der Waals surface area contributed by atoms with E-state index in [9.17, 15) is 10.1 Å². The predicted molar refractivity (Wildman–Crippen MR) is 94.2 cm³/mol. The summed E-state index contributed by atoms with van der Waals surface area (Å²) in [5.74, 6) is 2.11. The summed E-state index contributed by atoms with van der Waals surface area (Å²) in [5, 5.41) is 11.0. The van der Waals surface area contributed by atoms with Crippen LogP contribution in [0.25, 0.3) is 11.4 Å². The number of nitro groups is 1. The van der Waals surface area contributed by atoms with Crippen molar-refractivity contribution < 1.29 is 4.92 Å². The molecule has 128 valence electrons. The maximum Gasteiger partial charge on any atom is 0.270 e. The van der Waals surface area contributed by atoms with Gasteiger partial charge in [-0.25, -0.2) is 15.0 Å². The first-order valence-corrected chi connectivity index (χ1v) is 7.72. The monoisotopic (exact) mass is 338 g/mol. The molecule has 3 rings (SSSR count). The van der Waals surface area contributed by atoms with Crippen molar-refractivity contribution in [1.29, 1.82) is 0 Å². The second-order valence-electron chi connectivity index (χ2n) is 5.81. The Morgan fingerprint density at radius 1 is 1.28 bits per heavy atom. The van der Waals surface area contributed by atoms with Gasteiger partial charge in [0.1, 0.15) is 11.6 Å². The number of nitro benzene ring substituents is 1. The molecule has 0 N–H and O–H groups in total. The van der Waals surface area contributed by atoms with Crippen LogP contribution in [0.3, 0.4) is 0 Å². The number of aryl methyl sites for hydroxylation is 2. The van der Waals surface area contributed by atoms with Crippen LogP contribution in [-0.2, 0) is 13.6 Å². The summed E-state index contributed by atoms with van der Waals surface area (Å²) in [4.78, 5) is 25.8. The molecule has 0 unspecified atom stereocenters. The summed E-state index contributed by atoms with van der Waals surface area (Å²) in [6.45, 7) is 2.47. The minimum Gasteiger partial charge on any atom is -0.352 e. The Labute approximate surface area is 144 Å². The van der Waals surface area contributed by atoms with Gasteiger partial charge in [0.15, 0.2) is 5.82 Å². The molecule has 25 heavy (non-hydrogen) atoms. The van der Waals surface area contributed by atoms with E-state index in [4.69, 9.17) is 0 Å². The molecule has 2 aromatic heterocycles. The van der Waals surface area contributed by atoms with Gasteiger partial charge in [-0.2, -0.15) is 0 Å².